The summed E-state index contributed by atoms with van der Waals surface area (Å²) in [4.78, 5) is 23.7. The molecule has 104 valence electrons. The van der Waals surface area contributed by atoms with Crippen LogP contribution in [0.3, 0.4) is 0 Å². The maximum atomic E-state index is 12.1. The van der Waals surface area contributed by atoms with E-state index in [2.05, 4.69) is 30.9 Å². The fourth-order valence-electron chi connectivity index (χ4n) is 1.88. The van der Waals surface area contributed by atoms with Gasteiger partial charge in [0.05, 0.1) is 5.69 Å². The van der Waals surface area contributed by atoms with Gasteiger partial charge in [-0.1, -0.05) is 30.3 Å². The topological polar surface area (TPSA) is 58.6 Å². The lowest BCUT2D eigenvalue weighted by Gasteiger charge is -2.06. The molecular formula is C15H9BrIN3O. The van der Waals surface area contributed by atoms with Crippen LogP contribution in [0.15, 0.2) is 57.9 Å². The summed E-state index contributed by atoms with van der Waals surface area (Å²) in [6, 6.07) is 13.3. The van der Waals surface area contributed by atoms with Crippen molar-refractivity contribution in [3.8, 4) is 22.8 Å². The number of aromatic nitrogens is 3. The van der Waals surface area contributed by atoms with E-state index in [0.717, 1.165) is 10.0 Å². The maximum absolute atomic E-state index is 12.1. The van der Waals surface area contributed by atoms with E-state index < -0.39 is 0 Å². The van der Waals surface area contributed by atoms with Gasteiger partial charge in [-0.3, -0.25) is 9.78 Å². The number of rotatable bonds is 2. The number of pyridine rings is 1. The molecule has 0 unspecified atom stereocenters. The lowest BCUT2D eigenvalue weighted by molar-refractivity contribution is 1.09. The Kier molecular flexibility index (Phi) is 4.16. The Labute approximate surface area is 142 Å². The summed E-state index contributed by atoms with van der Waals surface area (Å²) >= 11 is 5.35. The molecule has 0 bridgehead atoms. The Hall–Kier alpha value is -1.54. The highest BCUT2D eigenvalue weighted by molar-refractivity contribution is 14.1. The first-order valence-electron chi connectivity index (χ1n) is 6.12. The van der Waals surface area contributed by atoms with Crippen molar-refractivity contribution in [2.24, 2.45) is 0 Å². The third-order valence-corrected chi connectivity index (χ3v) is 4.35. The van der Waals surface area contributed by atoms with Gasteiger partial charge in [0, 0.05) is 16.2 Å². The summed E-state index contributed by atoms with van der Waals surface area (Å²) in [6.45, 7) is 0. The predicted octanol–water partition coefficient (Wildman–Crippen LogP) is 3.87. The first kappa shape index (κ1) is 14.4. The van der Waals surface area contributed by atoms with Gasteiger partial charge in [0.25, 0.3) is 5.56 Å². The number of halogens is 2. The van der Waals surface area contributed by atoms with Crippen molar-refractivity contribution in [3.05, 3.63) is 67.1 Å². The second-order valence-corrected chi connectivity index (χ2v) is 6.30. The zero-order valence-corrected chi connectivity index (χ0v) is 14.4. The number of hydrogen-bond acceptors (Lipinski definition) is 3. The zero-order chi connectivity index (χ0) is 14.8. The highest BCUT2D eigenvalue weighted by atomic mass is 127. The van der Waals surface area contributed by atoms with Crippen molar-refractivity contribution in [2.75, 3.05) is 0 Å². The smallest absolute Gasteiger partial charge is 0.265 e. The molecule has 3 rings (SSSR count). The summed E-state index contributed by atoms with van der Waals surface area (Å²) in [6.07, 6.45) is 1.68. The molecule has 1 aromatic carbocycles. The first-order valence-corrected chi connectivity index (χ1v) is 7.99. The monoisotopic (exact) mass is 453 g/mol. The molecule has 0 aliphatic rings. The van der Waals surface area contributed by atoms with Crippen molar-refractivity contribution in [1.29, 1.82) is 0 Å². The van der Waals surface area contributed by atoms with Crippen molar-refractivity contribution in [1.82, 2.24) is 15.0 Å². The summed E-state index contributed by atoms with van der Waals surface area (Å²) in [5, 5.41) is 0. The van der Waals surface area contributed by atoms with Crippen LogP contribution in [0.1, 0.15) is 0 Å². The molecule has 1 N–H and O–H groups in total. The maximum Gasteiger partial charge on any atom is 0.265 e. The third-order valence-electron chi connectivity index (χ3n) is 2.88. The first-order chi connectivity index (χ1) is 10.1. The van der Waals surface area contributed by atoms with Crippen LogP contribution in [0, 0.1) is 3.57 Å². The van der Waals surface area contributed by atoms with Gasteiger partial charge in [-0.15, -0.1) is 0 Å². The molecule has 0 aliphatic carbocycles. The normalized spacial score (nSPS) is 10.6. The SMILES string of the molecule is O=c1[nH]c(-c2ccc(Br)cn2)nc(-c2ccccc2)c1I. The van der Waals surface area contributed by atoms with E-state index in [0.29, 0.717) is 20.8 Å². The standard InChI is InChI=1S/C15H9BrIN3O/c16-10-6-7-11(18-8-10)14-19-13(12(17)15(21)20-14)9-4-2-1-3-5-9/h1-8H,(H,19,20,21). The molecule has 2 heterocycles. The molecule has 0 saturated carbocycles. The second kappa shape index (κ2) is 6.07. The Morgan fingerprint density at radius 3 is 2.52 bits per heavy atom. The molecule has 0 radical (unpaired) electrons. The highest BCUT2D eigenvalue weighted by Crippen LogP contribution is 2.23. The van der Waals surface area contributed by atoms with Gasteiger partial charge in [0.1, 0.15) is 9.26 Å². The number of aromatic amines is 1. The quantitative estimate of drug-likeness (QED) is 0.599. The van der Waals surface area contributed by atoms with Gasteiger partial charge < -0.3 is 4.98 Å². The van der Waals surface area contributed by atoms with Crippen LogP contribution in [-0.2, 0) is 0 Å². The number of nitrogens with zero attached hydrogens (tertiary/aromatic N) is 2. The molecule has 0 aliphatic heterocycles. The zero-order valence-electron chi connectivity index (χ0n) is 10.7. The molecule has 4 nitrogen and oxygen atoms in total. The molecule has 0 saturated heterocycles. The molecule has 0 fully saturated rings. The van der Waals surface area contributed by atoms with Crippen LogP contribution in [-0.4, -0.2) is 15.0 Å². The average molecular weight is 454 g/mol. The Morgan fingerprint density at radius 1 is 1.10 bits per heavy atom. The minimum absolute atomic E-state index is 0.163. The van der Waals surface area contributed by atoms with Gasteiger partial charge in [-0.2, -0.15) is 0 Å². The Bertz CT molecular complexity index is 832. The van der Waals surface area contributed by atoms with E-state index in [9.17, 15) is 4.79 Å². The minimum atomic E-state index is -0.163. The Balaban J connectivity index is 2.19. The van der Waals surface area contributed by atoms with E-state index in [1.165, 1.54) is 0 Å². The van der Waals surface area contributed by atoms with Crippen LogP contribution in [0.25, 0.3) is 22.8 Å². The molecule has 6 heteroatoms. The fourth-order valence-corrected chi connectivity index (χ4v) is 2.68. The van der Waals surface area contributed by atoms with E-state index >= 15 is 0 Å². The number of H-pyrrole nitrogens is 1. The van der Waals surface area contributed by atoms with E-state index in [4.69, 9.17) is 0 Å². The van der Waals surface area contributed by atoms with Crippen LogP contribution < -0.4 is 5.56 Å². The van der Waals surface area contributed by atoms with E-state index in [1.807, 2.05) is 65.1 Å². The summed E-state index contributed by atoms with van der Waals surface area (Å²) in [5.41, 5.74) is 2.04. The lowest BCUT2D eigenvalue weighted by atomic mass is 10.1. The van der Waals surface area contributed by atoms with Gasteiger partial charge in [0.15, 0.2) is 5.82 Å². The molecule has 21 heavy (non-hydrogen) atoms. The molecule has 0 spiro atoms. The Morgan fingerprint density at radius 2 is 1.86 bits per heavy atom. The van der Waals surface area contributed by atoms with Crippen molar-refractivity contribution >= 4 is 38.5 Å². The fraction of sp³-hybridized carbons (Fsp3) is 0. The van der Waals surface area contributed by atoms with Crippen molar-refractivity contribution < 1.29 is 0 Å². The summed E-state index contributed by atoms with van der Waals surface area (Å²) < 4.78 is 1.45. The third kappa shape index (κ3) is 3.06. The average Bonchev–Trinajstić information content (AvgIpc) is 2.51. The van der Waals surface area contributed by atoms with Gasteiger partial charge in [0.2, 0.25) is 0 Å². The van der Waals surface area contributed by atoms with E-state index in [-0.39, 0.29) is 5.56 Å². The minimum Gasteiger partial charge on any atom is -0.304 e. The van der Waals surface area contributed by atoms with E-state index in [1.54, 1.807) is 6.20 Å². The van der Waals surface area contributed by atoms with Crippen LogP contribution in [0.4, 0.5) is 0 Å². The van der Waals surface area contributed by atoms with Crippen LogP contribution >= 0.6 is 38.5 Å². The molecule has 0 atom stereocenters. The van der Waals surface area contributed by atoms with Gasteiger partial charge in [-0.05, 0) is 50.7 Å². The van der Waals surface area contributed by atoms with Gasteiger partial charge in [-0.25, -0.2) is 4.98 Å². The van der Waals surface area contributed by atoms with Crippen molar-refractivity contribution in [3.63, 3.8) is 0 Å². The molecule has 0 amide bonds. The number of nitrogens with one attached hydrogen (secondary N) is 1. The number of hydrogen-bond donors (Lipinski definition) is 1. The molecule has 3 aromatic rings. The molecular weight excluding hydrogens is 445 g/mol. The second-order valence-electron chi connectivity index (χ2n) is 4.30. The van der Waals surface area contributed by atoms with Gasteiger partial charge >= 0.3 is 0 Å². The number of benzene rings is 1. The largest absolute Gasteiger partial charge is 0.304 e. The lowest BCUT2D eigenvalue weighted by Crippen LogP contribution is -2.14. The van der Waals surface area contributed by atoms with Crippen LogP contribution in [0.2, 0.25) is 0 Å². The predicted molar refractivity (Wildman–Crippen MR) is 93.9 cm³/mol. The summed E-state index contributed by atoms with van der Waals surface area (Å²) in [7, 11) is 0. The molecule has 2 aromatic heterocycles. The highest BCUT2D eigenvalue weighted by Gasteiger charge is 2.12. The summed E-state index contributed by atoms with van der Waals surface area (Å²) in [5.74, 6) is 0.465. The van der Waals surface area contributed by atoms with Crippen LogP contribution in [0.5, 0.6) is 0 Å². The van der Waals surface area contributed by atoms with Crippen molar-refractivity contribution in [2.45, 2.75) is 0 Å².